The second-order valence-corrected chi connectivity index (χ2v) is 5.81. The van der Waals surface area contributed by atoms with Gasteiger partial charge in [-0.1, -0.05) is 27.2 Å². The van der Waals surface area contributed by atoms with Crippen molar-refractivity contribution in [3.8, 4) is 0 Å². The van der Waals surface area contributed by atoms with Crippen LogP contribution in [0.4, 0.5) is 15.0 Å². The molecule has 1 fully saturated rings. The topological polar surface area (TPSA) is 123 Å². The molecule has 9 nitrogen and oxygen atoms in total. The van der Waals surface area contributed by atoms with Gasteiger partial charge in [-0.2, -0.15) is 4.98 Å². The van der Waals surface area contributed by atoms with Crippen LogP contribution in [0.3, 0.4) is 0 Å². The lowest BCUT2D eigenvalue weighted by molar-refractivity contribution is -0.0355. The van der Waals surface area contributed by atoms with Gasteiger partial charge in [0.15, 0.2) is 17.9 Å². The summed E-state index contributed by atoms with van der Waals surface area (Å²) >= 11 is 0. The number of nitrogens with zero attached hydrogens (tertiary/aromatic N) is 2. The molecule has 1 saturated heterocycles. The normalized spacial score (nSPS) is 24.8. The molecule has 10 heteroatoms. The number of unbranched alkanes of at least 4 members (excludes halogenated alkanes) is 2. The number of anilines is 1. The molecule has 2 rings (SSSR count). The summed E-state index contributed by atoms with van der Waals surface area (Å²) in [5.74, 6) is -1.59. The summed E-state index contributed by atoms with van der Waals surface area (Å²) in [4.78, 5) is 27.0. The minimum atomic E-state index is -1.41. The van der Waals surface area contributed by atoms with Crippen molar-refractivity contribution in [2.45, 2.75) is 65.1 Å². The van der Waals surface area contributed by atoms with E-state index in [1.165, 1.54) is 6.92 Å². The van der Waals surface area contributed by atoms with Gasteiger partial charge in [-0.3, -0.25) is 9.88 Å². The van der Waals surface area contributed by atoms with Crippen LogP contribution < -0.4 is 11.0 Å². The van der Waals surface area contributed by atoms with E-state index in [0.717, 1.165) is 23.6 Å². The Bertz CT molecular complexity index is 668. The second kappa shape index (κ2) is 9.60. The van der Waals surface area contributed by atoms with Crippen LogP contribution >= 0.6 is 0 Å². The molecule has 0 aromatic carbocycles. The van der Waals surface area contributed by atoms with E-state index in [1.807, 2.05) is 6.92 Å². The van der Waals surface area contributed by atoms with Crippen molar-refractivity contribution in [1.82, 2.24) is 9.55 Å². The first-order chi connectivity index (χ1) is 11.8. The number of halogens is 1. The minimum Gasteiger partial charge on any atom is -0.449 e. The van der Waals surface area contributed by atoms with Gasteiger partial charge in [0.2, 0.25) is 0 Å². The Hall–Kier alpha value is -2.04. The highest BCUT2D eigenvalue weighted by atomic mass is 19.1. The first-order valence-electron chi connectivity index (χ1n) is 8.09. The van der Waals surface area contributed by atoms with Crippen molar-refractivity contribution in [3.05, 3.63) is 22.5 Å². The summed E-state index contributed by atoms with van der Waals surface area (Å²) in [6.45, 7) is 3.68. The first-order valence-corrected chi connectivity index (χ1v) is 8.09. The number of aliphatic hydroxyl groups excluding tert-OH is 2. The Morgan fingerprint density at radius 2 is 2.12 bits per heavy atom. The zero-order chi connectivity index (χ0) is 18.6. The molecule has 0 spiro atoms. The van der Waals surface area contributed by atoms with Gasteiger partial charge in [0.05, 0.1) is 18.9 Å². The number of carbonyl (C=O) groups excluding carboxylic acids is 1. The second-order valence-electron chi connectivity index (χ2n) is 5.81. The Kier molecular flexibility index (Phi) is 8.12. The maximum atomic E-state index is 14.1. The SMILES string of the molecule is C.CCCCCOC(=O)Nc1nc(=O)n([C@@H]2O[C@H](C)[C@@H](O)[C@H]2O)cc1F. The fraction of sp³-hybridized carbons (Fsp3) is 0.688. The van der Waals surface area contributed by atoms with Gasteiger partial charge in [-0.25, -0.2) is 14.0 Å². The molecule has 1 amide bonds. The molecule has 0 radical (unpaired) electrons. The molecule has 4 atom stereocenters. The summed E-state index contributed by atoms with van der Waals surface area (Å²) in [5.41, 5.74) is -0.951. The third-order valence-electron chi connectivity index (χ3n) is 3.86. The van der Waals surface area contributed by atoms with Gasteiger partial charge in [0.25, 0.3) is 0 Å². The number of aliphatic hydroxyl groups is 2. The number of aromatic nitrogens is 2. The van der Waals surface area contributed by atoms with E-state index in [9.17, 15) is 24.2 Å². The van der Waals surface area contributed by atoms with Crippen molar-refractivity contribution >= 4 is 11.9 Å². The molecule has 0 unspecified atom stereocenters. The van der Waals surface area contributed by atoms with Crippen molar-refractivity contribution in [2.75, 3.05) is 11.9 Å². The Morgan fingerprint density at radius 1 is 1.42 bits per heavy atom. The predicted octanol–water partition coefficient (Wildman–Crippen LogP) is 1.40. The number of nitrogens with one attached hydrogen (secondary N) is 1. The van der Waals surface area contributed by atoms with Gasteiger partial charge in [0.1, 0.15) is 12.2 Å². The largest absolute Gasteiger partial charge is 0.449 e. The summed E-state index contributed by atoms with van der Waals surface area (Å²) in [6, 6.07) is 0. The monoisotopic (exact) mass is 375 g/mol. The number of carbonyl (C=O) groups is 1. The van der Waals surface area contributed by atoms with E-state index < -0.39 is 48.0 Å². The molecule has 148 valence electrons. The standard InChI is InChI=1S/C15H22FN3O6.CH4/c1-3-4-5-6-24-15(23)18-12-9(16)7-19(14(22)17-12)13-11(21)10(20)8(2)25-13;/h7-8,10-11,13,20-21H,3-6H2,1-2H3,(H,17,18,22,23);1H4/t8-,10-,11-,13-;/m1./s1. The van der Waals surface area contributed by atoms with E-state index in [4.69, 9.17) is 9.47 Å². The van der Waals surface area contributed by atoms with Crippen LogP contribution in [0, 0.1) is 5.82 Å². The number of hydrogen-bond donors (Lipinski definition) is 3. The van der Waals surface area contributed by atoms with Crippen LogP contribution in [0.2, 0.25) is 0 Å². The van der Waals surface area contributed by atoms with Gasteiger partial charge < -0.3 is 19.7 Å². The van der Waals surface area contributed by atoms with Gasteiger partial charge in [-0.15, -0.1) is 0 Å². The van der Waals surface area contributed by atoms with Crippen LogP contribution in [0.25, 0.3) is 0 Å². The molecule has 1 aromatic rings. The van der Waals surface area contributed by atoms with Crippen LogP contribution in [-0.4, -0.2) is 50.8 Å². The zero-order valence-electron chi connectivity index (χ0n) is 14.0. The molecule has 1 aromatic heterocycles. The van der Waals surface area contributed by atoms with Crippen molar-refractivity contribution in [1.29, 1.82) is 0 Å². The van der Waals surface area contributed by atoms with E-state index >= 15 is 0 Å². The summed E-state index contributed by atoms with van der Waals surface area (Å²) in [7, 11) is 0. The number of amides is 1. The molecule has 1 aliphatic rings. The first kappa shape index (κ1) is 22.0. The maximum absolute atomic E-state index is 14.1. The van der Waals surface area contributed by atoms with Crippen LogP contribution in [-0.2, 0) is 9.47 Å². The average molecular weight is 375 g/mol. The molecular weight excluding hydrogens is 349 g/mol. The zero-order valence-corrected chi connectivity index (χ0v) is 14.0. The van der Waals surface area contributed by atoms with Crippen molar-refractivity contribution < 1.29 is 28.9 Å². The fourth-order valence-corrected chi connectivity index (χ4v) is 2.42. The average Bonchev–Trinajstić information content (AvgIpc) is 2.82. The highest BCUT2D eigenvalue weighted by Crippen LogP contribution is 2.28. The minimum absolute atomic E-state index is 0. The van der Waals surface area contributed by atoms with Crippen LogP contribution in [0.5, 0.6) is 0 Å². The van der Waals surface area contributed by atoms with Gasteiger partial charge in [-0.05, 0) is 13.3 Å². The van der Waals surface area contributed by atoms with Crippen molar-refractivity contribution in [3.63, 3.8) is 0 Å². The number of ether oxygens (including phenoxy) is 2. The molecule has 2 heterocycles. The van der Waals surface area contributed by atoms with Crippen molar-refractivity contribution in [2.24, 2.45) is 0 Å². The Balaban J connectivity index is 0.00000338. The van der Waals surface area contributed by atoms with E-state index in [0.29, 0.717) is 6.42 Å². The molecule has 0 bridgehead atoms. The predicted molar refractivity (Wildman–Crippen MR) is 91.3 cm³/mol. The molecule has 26 heavy (non-hydrogen) atoms. The lowest BCUT2D eigenvalue weighted by Gasteiger charge is -2.17. The van der Waals surface area contributed by atoms with Gasteiger partial charge in [0, 0.05) is 0 Å². The highest BCUT2D eigenvalue weighted by Gasteiger charge is 2.42. The molecule has 0 aliphatic carbocycles. The quantitative estimate of drug-likeness (QED) is 0.642. The lowest BCUT2D eigenvalue weighted by Crippen LogP contribution is -2.36. The third-order valence-corrected chi connectivity index (χ3v) is 3.86. The smallest absolute Gasteiger partial charge is 0.412 e. The molecule has 1 aliphatic heterocycles. The third kappa shape index (κ3) is 4.99. The number of rotatable bonds is 6. The van der Waals surface area contributed by atoms with Gasteiger partial charge >= 0.3 is 11.8 Å². The summed E-state index contributed by atoms with van der Waals surface area (Å²) in [6.07, 6.45) is -2.25. The Morgan fingerprint density at radius 3 is 2.69 bits per heavy atom. The molecule has 0 saturated carbocycles. The maximum Gasteiger partial charge on any atom is 0.412 e. The molecule has 3 N–H and O–H groups in total. The fourth-order valence-electron chi connectivity index (χ4n) is 2.42. The van der Waals surface area contributed by atoms with Crippen LogP contribution in [0.15, 0.2) is 11.0 Å². The summed E-state index contributed by atoms with van der Waals surface area (Å²) in [5, 5.41) is 21.6. The lowest BCUT2D eigenvalue weighted by atomic mass is 10.1. The molecular formula is C16H26FN3O6. The van der Waals surface area contributed by atoms with Crippen LogP contribution in [0.1, 0.15) is 46.8 Å². The van der Waals surface area contributed by atoms with E-state index in [1.54, 1.807) is 0 Å². The highest BCUT2D eigenvalue weighted by molar-refractivity contribution is 5.83. The summed E-state index contributed by atoms with van der Waals surface area (Å²) < 4.78 is 24.9. The number of hydrogen-bond acceptors (Lipinski definition) is 7. The van der Waals surface area contributed by atoms with E-state index in [2.05, 4.69) is 10.3 Å². The Labute approximate surface area is 150 Å². The van der Waals surface area contributed by atoms with E-state index in [-0.39, 0.29) is 14.0 Å².